The third kappa shape index (κ3) is 2.13. The molecule has 0 spiro atoms. The molecule has 1 N–H and O–H groups in total. The lowest BCUT2D eigenvalue weighted by Gasteiger charge is -2.50. The van der Waals surface area contributed by atoms with E-state index >= 15 is 0 Å². The van der Waals surface area contributed by atoms with Crippen molar-refractivity contribution in [1.29, 1.82) is 5.26 Å². The molecule has 1 aromatic heterocycles. The number of aliphatic hydroxyl groups is 1. The molecule has 3 rings (SSSR count). The van der Waals surface area contributed by atoms with Gasteiger partial charge in [-0.05, 0) is 44.9 Å². The Morgan fingerprint density at radius 1 is 1.37 bits per heavy atom. The van der Waals surface area contributed by atoms with E-state index in [9.17, 15) is 5.11 Å². The van der Waals surface area contributed by atoms with Crippen LogP contribution in [0.25, 0.3) is 0 Å². The molecule has 4 heteroatoms. The van der Waals surface area contributed by atoms with Gasteiger partial charge in [-0.1, -0.05) is 6.42 Å². The fraction of sp³-hybridized carbons (Fsp3) is 0.600. The lowest BCUT2D eigenvalue weighted by molar-refractivity contribution is -0.0898. The summed E-state index contributed by atoms with van der Waals surface area (Å²) in [6.07, 6.45) is 6.63. The van der Waals surface area contributed by atoms with Crippen LogP contribution in [-0.4, -0.2) is 34.1 Å². The van der Waals surface area contributed by atoms with Gasteiger partial charge in [-0.15, -0.1) is 0 Å². The number of piperidine rings is 2. The van der Waals surface area contributed by atoms with E-state index in [2.05, 4.69) is 23.0 Å². The first-order valence-corrected chi connectivity index (χ1v) is 6.93. The maximum atomic E-state index is 11.0. The Kier molecular flexibility index (Phi) is 3.04. The Bertz CT molecular complexity index is 491. The summed E-state index contributed by atoms with van der Waals surface area (Å²) < 4.78 is 0. The van der Waals surface area contributed by atoms with Crippen molar-refractivity contribution in [1.82, 2.24) is 9.88 Å². The summed E-state index contributed by atoms with van der Waals surface area (Å²) in [5.74, 6) is 0. The fourth-order valence-corrected chi connectivity index (χ4v) is 3.59. The Balaban J connectivity index is 1.88. The lowest BCUT2D eigenvalue weighted by Crippen LogP contribution is -2.55. The van der Waals surface area contributed by atoms with Crippen molar-refractivity contribution in [2.45, 2.75) is 49.8 Å². The highest BCUT2D eigenvalue weighted by Crippen LogP contribution is 2.42. The first kappa shape index (κ1) is 12.6. The third-order valence-electron chi connectivity index (χ3n) is 4.74. The number of nitrogens with zero attached hydrogens (tertiary/aromatic N) is 3. The van der Waals surface area contributed by atoms with Crippen molar-refractivity contribution < 1.29 is 5.11 Å². The molecule has 0 aliphatic carbocycles. The molecular formula is C15H19N3O. The van der Waals surface area contributed by atoms with Crippen LogP contribution < -0.4 is 0 Å². The average Bonchev–Trinajstić information content (AvgIpc) is 2.41. The van der Waals surface area contributed by atoms with Crippen molar-refractivity contribution in [2.24, 2.45) is 0 Å². The predicted molar refractivity (Wildman–Crippen MR) is 71.3 cm³/mol. The molecule has 0 amide bonds. The standard InChI is InChI=1S/C15H19N3O/c1-18-12-3-2-4-13(18)8-15(19,7-12)14-6-5-11(9-16)10-17-14/h5-6,10,12-13,19H,2-4,7-8H2,1H3. The van der Waals surface area contributed by atoms with Crippen LogP contribution in [0.1, 0.15) is 43.4 Å². The summed E-state index contributed by atoms with van der Waals surface area (Å²) in [6, 6.07) is 6.52. The van der Waals surface area contributed by atoms with Crippen molar-refractivity contribution in [3.63, 3.8) is 0 Å². The minimum absolute atomic E-state index is 0.454. The zero-order valence-corrected chi connectivity index (χ0v) is 11.2. The van der Waals surface area contributed by atoms with Crippen LogP contribution in [0.15, 0.2) is 18.3 Å². The van der Waals surface area contributed by atoms with Gasteiger partial charge in [0.2, 0.25) is 0 Å². The summed E-state index contributed by atoms with van der Waals surface area (Å²) in [7, 11) is 2.17. The van der Waals surface area contributed by atoms with Crippen LogP contribution in [0.5, 0.6) is 0 Å². The molecule has 100 valence electrons. The number of fused-ring (bicyclic) bond motifs is 2. The van der Waals surface area contributed by atoms with E-state index in [1.54, 1.807) is 18.3 Å². The van der Waals surface area contributed by atoms with Crippen molar-refractivity contribution >= 4 is 0 Å². The summed E-state index contributed by atoms with van der Waals surface area (Å²) in [5, 5.41) is 19.8. The van der Waals surface area contributed by atoms with Gasteiger partial charge in [-0.25, -0.2) is 0 Å². The zero-order valence-electron chi connectivity index (χ0n) is 11.2. The Hall–Kier alpha value is -1.44. The van der Waals surface area contributed by atoms with E-state index in [1.165, 1.54) is 6.42 Å². The minimum Gasteiger partial charge on any atom is -0.383 e. The van der Waals surface area contributed by atoms with E-state index in [-0.39, 0.29) is 0 Å². The van der Waals surface area contributed by atoms with E-state index in [0.717, 1.165) is 31.4 Å². The first-order chi connectivity index (χ1) is 9.12. The molecule has 2 aliphatic rings. The SMILES string of the molecule is CN1C2CCCC1CC(O)(c1ccc(C#N)cn1)C2. The summed E-state index contributed by atoms with van der Waals surface area (Å²) in [6.45, 7) is 0. The van der Waals surface area contributed by atoms with Gasteiger partial charge in [0.15, 0.2) is 0 Å². The minimum atomic E-state index is -0.823. The molecular weight excluding hydrogens is 238 g/mol. The fourth-order valence-electron chi connectivity index (χ4n) is 3.59. The van der Waals surface area contributed by atoms with Gasteiger partial charge in [0, 0.05) is 18.3 Å². The quantitative estimate of drug-likeness (QED) is 0.833. The van der Waals surface area contributed by atoms with Crippen LogP contribution >= 0.6 is 0 Å². The maximum absolute atomic E-state index is 11.0. The smallest absolute Gasteiger partial charge is 0.109 e. The van der Waals surface area contributed by atoms with Crippen molar-refractivity contribution in [3.05, 3.63) is 29.6 Å². The molecule has 0 radical (unpaired) electrons. The van der Waals surface area contributed by atoms with E-state index in [1.807, 2.05) is 0 Å². The second-order valence-electron chi connectivity index (χ2n) is 5.89. The first-order valence-electron chi connectivity index (χ1n) is 6.93. The lowest BCUT2D eigenvalue weighted by atomic mass is 9.74. The van der Waals surface area contributed by atoms with Gasteiger partial charge in [-0.2, -0.15) is 5.26 Å². The Labute approximate surface area is 113 Å². The molecule has 2 unspecified atom stereocenters. The number of pyridine rings is 1. The monoisotopic (exact) mass is 257 g/mol. The van der Waals surface area contributed by atoms with Crippen molar-refractivity contribution in [2.75, 3.05) is 7.05 Å². The van der Waals surface area contributed by atoms with Crippen LogP contribution in [0.4, 0.5) is 0 Å². The number of hydrogen-bond acceptors (Lipinski definition) is 4. The van der Waals surface area contributed by atoms with E-state index in [4.69, 9.17) is 5.26 Å². The van der Waals surface area contributed by atoms with Crippen LogP contribution in [0.2, 0.25) is 0 Å². The molecule has 2 saturated heterocycles. The van der Waals surface area contributed by atoms with Crippen LogP contribution in [0.3, 0.4) is 0 Å². The second-order valence-corrected chi connectivity index (χ2v) is 5.89. The second kappa shape index (κ2) is 4.59. The molecule has 0 saturated carbocycles. The van der Waals surface area contributed by atoms with E-state index < -0.39 is 5.60 Å². The number of rotatable bonds is 1. The van der Waals surface area contributed by atoms with Crippen molar-refractivity contribution in [3.8, 4) is 6.07 Å². The molecule has 2 aliphatic heterocycles. The Morgan fingerprint density at radius 3 is 2.58 bits per heavy atom. The van der Waals surface area contributed by atoms with Gasteiger partial charge in [0.25, 0.3) is 0 Å². The average molecular weight is 257 g/mol. The molecule has 3 heterocycles. The van der Waals surface area contributed by atoms with Gasteiger partial charge in [0.1, 0.15) is 11.7 Å². The number of hydrogen-bond donors (Lipinski definition) is 1. The highest BCUT2D eigenvalue weighted by atomic mass is 16.3. The van der Waals surface area contributed by atoms with Crippen LogP contribution in [-0.2, 0) is 5.60 Å². The molecule has 1 aromatic rings. The van der Waals surface area contributed by atoms with Gasteiger partial charge >= 0.3 is 0 Å². The van der Waals surface area contributed by atoms with Gasteiger partial charge in [-0.3, -0.25) is 4.98 Å². The highest BCUT2D eigenvalue weighted by molar-refractivity contribution is 5.28. The highest BCUT2D eigenvalue weighted by Gasteiger charge is 2.45. The van der Waals surface area contributed by atoms with Gasteiger partial charge < -0.3 is 10.0 Å². The molecule has 19 heavy (non-hydrogen) atoms. The largest absolute Gasteiger partial charge is 0.383 e. The zero-order chi connectivity index (χ0) is 13.5. The topological polar surface area (TPSA) is 60.1 Å². The summed E-state index contributed by atoms with van der Waals surface area (Å²) >= 11 is 0. The third-order valence-corrected chi connectivity index (χ3v) is 4.74. The normalized spacial score (nSPS) is 34.8. The molecule has 2 bridgehead atoms. The number of aromatic nitrogens is 1. The predicted octanol–water partition coefficient (Wildman–Crippen LogP) is 1.79. The van der Waals surface area contributed by atoms with Crippen LogP contribution in [0, 0.1) is 11.3 Å². The summed E-state index contributed by atoms with van der Waals surface area (Å²) in [5.41, 5.74) is 0.438. The Morgan fingerprint density at radius 2 is 2.05 bits per heavy atom. The molecule has 2 fully saturated rings. The molecule has 0 aromatic carbocycles. The van der Waals surface area contributed by atoms with Gasteiger partial charge in [0.05, 0.1) is 11.3 Å². The van der Waals surface area contributed by atoms with E-state index in [0.29, 0.717) is 17.6 Å². The summed E-state index contributed by atoms with van der Waals surface area (Å²) in [4.78, 5) is 6.72. The maximum Gasteiger partial charge on any atom is 0.109 e. The number of nitriles is 1. The molecule has 2 atom stereocenters. The molecule has 4 nitrogen and oxygen atoms in total.